The molecule has 2 aromatic carbocycles. The van der Waals surface area contributed by atoms with E-state index in [9.17, 15) is 20.1 Å². The fourth-order valence-corrected chi connectivity index (χ4v) is 2.64. The third-order valence-electron chi connectivity index (χ3n) is 3.81. The average molecular weight is 312 g/mol. The predicted molar refractivity (Wildman–Crippen MR) is 84.8 cm³/mol. The van der Waals surface area contributed by atoms with E-state index >= 15 is 0 Å². The Morgan fingerprint density at radius 1 is 1.04 bits per heavy atom. The summed E-state index contributed by atoms with van der Waals surface area (Å²) >= 11 is 0. The number of phenols is 3. The number of fused-ring (bicyclic) bond motifs is 1. The predicted octanol–water partition coefficient (Wildman–Crippen LogP) is 2.27. The van der Waals surface area contributed by atoms with Gasteiger partial charge in [0.15, 0.2) is 17.2 Å². The number of benzene rings is 2. The third kappa shape index (κ3) is 2.96. The van der Waals surface area contributed by atoms with Crippen molar-refractivity contribution in [1.82, 2.24) is 5.43 Å². The Hall–Kier alpha value is -3.02. The van der Waals surface area contributed by atoms with Gasteiger partial charge < -0.3 is 15.3 Å². The summed E-state index contributed by atoms with van der Waals surface area (Å²) in [5, 5.41) is 32.4. The minimum atomic E-state index is -0.658. The summed E-state index contributed by atoms with van der Waals surface area (Å²) in [6.07, 6.45) is 2.72. The summed E-state index contributed by atoms with van der Waals surface area (Å²) in [5.74, 6) is -2.36. The topological polar surface area (TPSA) is 102 Å². The number of nitrogens with zero attached hydrogens (tertiary/aromatic N) is 1. The maximum absolute atomic E-state index is 12.1. The van der Waals surface area contributed by atoms with Crippen LogP contribution >= 0.6 is 0 Å². The van der Waals surface area contributed by atoms with Crippen LogP contribution in [0.1, 0.15) is 34.3 Å². The summed E-state index contributed by atoms with van der Waals surface area (Å²) in [6, 6.07) is 10.1. The number of amides is 1. The number of aromatic hydroxyl groups is 3. The van der Waals surface area contributed by atoms with Crippen molar-refractivity contribution in [2.24, 2.45) is 5.10 Å². The van der Waals surface area contributed by atoms with Gasteiger partial charge in [-0.2, -0.15) is 5.10 Å². The SMILES string of the molecule is O=C(N/N=C1/CCCc2ccccc21)c1cc(O)c(O)c(O)c1. The largest absolute Gasteiger partial charge is 0.504 e. The molecule has 6 heteroatoms. The van der Waals surface area contributed by atoms with Gasteiger partial charge in [0, 0.05) is 11.1 Å². The van der Waals surface area contributed by atoms with Gasteiger partial charge in [0.2, 0.25) is 0 Å². The van der Waals surface area contributed by atoms with E-state index in [1.54, 1.807) is 0 Å². The Morgan fingerprint density at radius 2 is 1.74 bits per heavy atom. The molecule has 4 N–H and O–H groups in total. The lowest BCUT2D eigenvalue weighted by molar-refractivity contribution is 0.0954. The normalized spacial score (nSPS) is 15.2. The number of carbonyl (C=O) groups is 1. The molecule has 0 atom stereocenters. The number of hydrogen-bond acceptors (Lipinski definition) is 5. The molecule has 0 aromatic heterocycles. The van der Waals surface area contributed by atoms with Crippen molar-refractivity contribution in [2.75, 3.05) is 0 Å². The van der Waals surface area contributed by atoms with Crippen molar-refractivity contribution in [3.05, 3.63) is 53.1 Å². The van der Waals surface area contributed by atoms with Crippen LogP contribution in [-0.2, 0) is 6.42 Å². The van der Waals surface area contributed by atoms with E-state index in [-0.39, 0.29) is 5.56 Å². The first-order chi connectivity index (χ1) is 11.1. The Labute approximate surface area is 132 Å². The van der Waals surface area contributed by atoms with Crippen molar-refractivity contribution < 1.29 is 20.1 Å². The molecule has 6 nitrogen and oxygen atoms in total. The molecule has 0 bridgehead atoms. The van der Waals surface area contributed by atoms with Gasteiger partial charge in [0.25, 0.3) is 5.91 Å². The molecule has 0 aliphatic heterocycles. The van der Waals surface area contributed by atoms with Crippen molar-refractivity contribution in [3.8, 4) is 17.2 Å². The molecule has 23 heavy (non-hydrogen) atoms. The molecular weight excluding hydrogens is 296 g/mol. The quantitative estimate of drug-likeness (QED) is 0.504. The van der Waals surface area contributed by atoms with Gasteiger partial charge in [-0.3, -0.25) is 4.79 Å². The van der Waals surface area contributed by atoms with Crippen molar-refractivity contribution in [2.45, 2.75) is 19.3 Å². The number of hydrazone groups is 1. The Kier molecular flexibility index (Phi) is 3.89. The fourth-order valence-electron chi connectivity index (χ4n) is 2.64. The highest BCUT2D eigenvalue weighted by Gasteiger charge is 2.16. The lowest BCUT2D eigenvalue weighted by Gasteiger charge is -2.17. The first-order valence-electron chi connectivity index (χ1n) is 7.26. The van der Waals surface area contributed by atoms with Gasteiger partial charge in [-0.15, -0.1) is 0 Å². The second kappa shape index (κ2) is 6.00. The second-order valence-electron chi connectivity index (χ2n) is 5.37. The summed E-state index contributed by atoms with van der Waals surface area (Å²) < 4.78 is 0. The number of nitrogens with one attached hydrogen (secondary N) is 1. The highest BCUT2D eigenvalue weighted by Crippen LogP contribution is 2.35. The van der Waals surface area contributed by atoms with Crippen LogP contribution in [0.25, 0.3) is 0 Å². The van der Waals surface area contributed by atoms with Crippen LogP contribution in [-0.4, -0.2) is 26.9 Å². The maximum atomic E-state index is 12.1. The molecule has 0 saturated heterocycles. The second-order valence-corrected chi connectivity index (χ2v) is 5.37. The lowest BCUT2D eigenvalue weighted by Crippen LogP contribution is -2.22. The fraction of sp³-hybridized carbons (Fsp3) is 0.176. The van der Waals surface area contributed by atoms with Gasteiger partial charge in [-0.05, 0) is 37.0 Å². The number of carbonyl (C=O) groups excluding carboxylic acids is 1. The van der Waals surface area contributed by atoms with Crippen LogP contribution in [0.5, 0.6) is 17.2 Å². The van der Waals surface area contributed by atoms with Crippen LogP contribution < -0.4 is 5.43 Å². The van der Waals surface area contributed by atoms with E-state index in [1.165, 1.54) is 5.56 Å². The molecule has 118 valence electrons. The van der Waals surface area contributed by atoms with E-state index in [0.29, 0.717) is 0 Å². The van der Waals surface area contributed by atoms with Gasteiger partial charge in [0.05, 0.1) is 5.71 Å². The third-order valence-corrected chi connectivity index (χ3v) is 3.81. The highest BCUT2D eigenvalue weighted by molar-refractivity contribution is 6.04. The minimum absolute atomic E-state index is 0.00578. The Balaban J connectivity index is 1.82. The zero-order valence-electron chi connectivity index (χ0n) is 12.3. The van der Waals surface area contributed by atoms with Gasteiger partial charge >= 0.3 is 0 Å². The molecule has 0 spiro atoms. The van der Waals surface area contributed by atoms with Gasteiger partial charge in [-0.25, -0.2) is 5.43 Å². The maximum Gasteiger partial charge on any atom is 0.271 e. The molecule has 0 unspecified atom stereocenters. The monoisotopic (exact) mass is 312 g/mol. The first-order valence-corrected chi connectivity index (χ1v) is 7.26. The van der Waals surface area contributed by atoms with E-state index in [4.69, 9.17) is 0 Å². The van der Waals surface area contributed by atoms with Crippen LogP contribution in [0, 0.1) is 0 Å². The summed E-state index contributed by atoms with van der Waals surface area (Å²) in [4.78, 5) is 12.1. The van der Waals surface area contributed by atoms with Crippen molar-refractivity contribution >= 4 is 11.6 Å². The van der Waals surface area contributed by atoms with Crippen molar-refractivity contribution in [1.29, 1.82) is 0 Å². The molecule has 0 radical (unpaired) electrons. The molecule has 1 amide bonds. The van der Waals surface area contributed by atoms with Crippen LogP contribution in [0.2, 0.25) is 0 Å². The number of aryl methyl sites for hydroxylation is 1. The Morgan fingerprint density at radius 3 is 2.48 bits per heavy atom. The first kappa shape index (κ1) is 14.9. The Bertz CT molecular complexity index is 776. The molecule has 2 aromatic rings. The standard InChI is InChI=1S/C17H16N2O4/c20-14-8-11(9-15(21)16(14)22)17(23)19-18-13-7-3-5-10-4-1-2-6-12(10)13/h1-2,4,6,8-9,20-22H,3,5,7H2,(H,19,23)/b18-13-. The molecule has 0 saturated carbocycles. The molecule has 0 heterocycles. The zero-order chi connectivity index (χ0) is 16.4. The highest BCUT2D eigenvalue weighted by atomic mass is 16.3. The molecular formula is C17H16N2O4. The molecule has 1 aliphatic carbocycles. The smallest absolute Gasteiger partial charge is 0.271 e. The van der Waals surface area contributed by atoms with Crippen LogP contribution in [0.3, 0.4) is 0 Å². The zero-order valence-corrected chi connectivity index (χ0v) is 12.3. The number of hydrogen-bond donors (Lipinski definition) is 4. The van der Waals surface area contributed by atoms with Gasteiger partial charge in [-0.1, -0.05) is 24.3 Å². The molecule has 3 rings (SSSR count). The summed E-state index contributed by atoms with van der Waals surface area (Å²) in [7, 11) is 0. The minimum Gasteiger partial charge on any atom is -0.504 e. The average Bonchev–Trinajstić information content (AvgIpc) is 2.57. The van der Waals surface area contributed by atoms with Crippen LogP contribution in [0.15, 0.2) is 41.5 Å². The number of rotatable bonds is 2. The van der Waals surface area contributed by atoms with Gasteiger partial charge in [0.1, 0.15) is 0 Å². The van der Waals surface area contributed by atoms with E-state index in [0.717, 1.165) is 42.7 Å². The van der Waals surface area contributed by atoms with Crippen molar-refractivity contribution in [3.63, 3.8) is 0 Å². The lowest BCUT2D eigenvalue weighted by atomic mass is 9.90. The van der Waals surface area contributed by atoms with E-state index in [1.807, 2.05) is 24.3 Å². The van der Waals surface area contributed by atoms with Crippen LogP contribution in [0.4, 0.5) is 0 Å². The summed E-state index contributed by atoms with van der Waals surface area (Å²) in [5.41, 5.74) is 5.46. The number of phenolic OH excluding ortho intramolecular Hbond substituents is 3. The van der Waals surface area contributed by atoms with E-state index in [2.05, 4.69) is 10.5 Å². The summed E-state index contributed by atoms with van der Waals surface area (Å²) in [6.45, 7) is 0. The molecule has 0 fully saturated rings. The van der Waals surface area contributed by atoms with E-state index < -0.39 is 23.2 Å². The molecule has 1 aliphatic rings.